The fourth-order valence-corrected chi connectivity index (χ4v) is 3.29. The van der Waals surface area contributed by atoms with Crippen LogP contribution < -0.4 is 5.32 Å². The van der Waals surface area contributed by atoms with Crippen molar-refractivity contribution < 1.29 is 14.3 Å². The molecule has 0 saturated carbocycles. The lowest BCUT2D eigenvalue weighted by atomic mass is 10.2. The number of fused-ring (bicyclic) bond motifs is 1. The molecule has 0 atom stereocenters. The van der Waals surface area contributed by atoms with Gasteiger partial charge in [0.2, 0.25) is 0 Å². The van der Waals surface area contributed by atoms with Crippen molar-refractivity contribution in [3.8, 4) is 0 Å². The summed E-state index contributed by atoms with van der Waals surface area (Å²) in [5.41, 5.74) is 0. The maximum atomic E-state index is 11.9. The Bertz CT molecular complexity index is 669. The number of likely N-dealkylation sites (N-methyl/N-ethyl adjacent to an activating group) is 1. The Labute approximate surface area is 129 Å². The molecule has 1 aromatic heterocycles. The first-order chi connectivity index (χ1) is 9.52. The molecule has 7 heteroatoms. The maximum absolute atomic E-state index is 11.9. The first-order valence-electron chi connectivity index (χ1n) is 5.84. The van der Waals surface area contributed by atoms with Crippen LogP contribution in [0.15, 0.2) is 18.2 Å². The smallest absolute Gasteiger partial charge is 0.350 e. The van der Waals surface area contributed by atoms with Gasteiger partial charge in [0.1, 0.15) is 4.88 Å². The zero-order valence-corrected chi connectivity index (χ0v) is 12.9. The Kier molecular flexibility index (Phi) is 4.86. The van der Waals surface area contributed by atoms with E-state index in [0.29, 0.717) is 16.6 Å². The lowest BCUT2D eigenvalue weighted by Crippen LogP contribution is -2.28. The molecular weight excluding hydrogens is 321 g/mol. The van der Waals surface area contributed by atoms with Crippen LogP contribution in [0.25, 0.3) is 10.1 Å². The maximum Gasteiger partial charge on any atom is 0.350 e. The largest absolute Gasteiger partial charge is 0.451 e. The predicted molar refractivity (Wildman–Crippen MR) is 80.8 cm³/mol. The van der Waals surface area contributed by atoms with Crippen LogP contribution in [-0.4, -0.2) is 25.0 Å². The van der Waals surface area contributed by atoms with Gasteiger partial charge in [0, 0.05) is 21.7 Å². The van der Waals surface area contributed by atoms with Crippen LogP contribution in [0.3, 0.4) is 0 Å². The molecular formula is C13H11Cl2NO3S. The number of carbonyl (C=O) groups is 2. The van der Waals surface area contributed by atoms with E-state index < -0.39 is 5.97 Å². The normalized spacial score (nSPS) is 10.6. The lowest BCUT2D eigenvalue weighted by molar-refractivity contribution is -0.124. The van der Waals surface area contributed by atoms with E-state index in [-0.39, 0.29) is 17.4 Å². The third-order valence-corrected chi connectivity index (χ3v) is 4.36. The number of hydrogen-bond donors (Lipinski definition) is 1. The van der Waals surface area contributed by atoms with E-state index in [0.717, 1.165) is 10.1 Å². The van der Waals surface area contributed by atoms with Crippen LogP contribution >= 0.6 is 34.5 Å². The third kappa shape index (κ3) is 3.23. The Morgan fingerprint density at radius 2 is 2.10 bits per heavy atom. The Hall–Kier alpha value is -1.30. The average molecular weight is 332 g/mol. The molecule has 0 fully saturated rings. The van der Waals surface area contributed by atoms with Crippen LogP contribution in [0, 0.1) is 0 Å². The molecule has 0 saturated heterocycles. The van der Waals surface area contributed by atoms with Crippen LogP contribution in [0.1, 0.15) is 16.6 Å². The third-order valence-electron chi connectivity index (χ3n) is 2.49. The van der Waals surface area contributed by atoms with Crippen molar-refractivity contribution in [3.05, 3.63) is 33.1 Å². The molecule has 1 aromatic carbocycles. The highest BCUT2D eigenvalue weighted by molar-refractivity contribution is 7.21. The quantitative estimate of drug-likeness (QED) is 0.872. The van der Waals surface area contributed by atoms with Crippen molar-refractivity contribution in [3.63, 3.8) is 0 Å². The summed E-state index contributed by atoms with van der Waals surface area (Å²) in [5, 5.41) is 4.17. The SMILES string of the molecule is CCNC(=O)COC(=O)c1sc2cc(Cl)ccc2c1Cl. The Morgan fingerprint density at radius 1 is 1.35 bits per heavy atom. The predicted octanol–water partition coefficient (Wildman–Crippen LogP) is 3.50. The van der Waals surface area contributed by atoms with E-state index in [2.05, 4.69) is 5.32 Å². The molecule has 0 aliphatic rings. The molecule has 1 amide bonds. The van der Waals surface area contributed by atoms with E-state index in [9.17, 15) is 9.59 Å². The van der Waals surface area contributed by atoms with E-state index in [1.807, 2.05) is 0 Å². The van der Waals surface area contributed by atoms with E-state index in [1.54, 1.807) is 25.1 Å². The van der Waals surface area contributed by atoms with Crippen LogP contribution in [-0.2, 0) is 9.53 Å². The van der Waals surface area contributed by atoms with Gasteiger partial charge in [-0.2, -0.15) is 0 Å². The fraction of sp³-hybridized carbons (Fsp3) is 0.231. The molecule has 1 N–H and O–H groups in total. The van der Waals surface area contributed by atoms with Gasteiger partial charge in [0.05, 0.1) is 5.02 Å². The number of esters is 1. The zero-order chi connectivity index (χ0) is 14.7. The van der Waals surface area contributed by atoms with Crippen LogP contribution in [0.4, 0.5) is 0 Å². The van der Waals surface area contributed by atoms with Gasteiger partial charge < -0.3 is 10.1 Å². The molecule has 4 nitrogen and oxygen atoms in total. The Morgan fingerprint density at radius 3 is 2.80 bits per heavy atom. The van der Waals surface area contributed by atoms with E-state index >= 15 is 0 Å². The number of thiophene rings is 1. The number of hydrogen-bond acceptors (Lipinski definition) is 4. The summed E-state index contributed by atoms with van der Waals surface area (Å²) in [6.45, 7) is 1.95. The standard InChI is InChI=1S/C13H11Cl2NO3S/c1-2-16-10(17)6-19-13(18)12-11(15)8-4-3-7(14)5-9(8)20-12/h3-5H,2,6H2,1H3,(H,16,17). The summed E-state index contributed by atoms with van der Waals surface area (Å²) in [7, 11) is 0. The lowest BCUT2D eigenvalue weighted by Gasteiger charge is -2.03. The van der Waals surface area contributed by atoms with Crippen molar-refractivity contribution in [2.75, 3.05) is 13.2 Å². The summed E-state index contributed by atoms with van der Waals surface area (Å²) in [6.07, 6.45) is 0. The molecule has 2 aromatic rings. The highest BCUT2D eigenvalue weighted by atomic mass is 35.5. The molecule has 0 bridgehead atoms. The number of amides is 1. The molecule has 0 aliphatic heterocycles. The summed E-state index contributed by atoms with van der Waals surface area (Å²) in [5.74, 6) is -0.959. The van der Waals surface area contributed by atoms with Crippen molar-refractivity contribution in [2.24, 2.45) is 0 Å². The van der Waals surface area contributed by atoms with E-state index in [1.165, 1.54) is 11.3 Å². The Balaban J connectivity index is 2.18. The van der Waals surface area contributed by atoms with Crippen LogP contribution in [0.5, 0.6) is 0 Å². The van der Waals surface area contributed by atoms with Crippen LogP contribution in [0.2, 0.25) is 10.0 Å². The molecule has 0 radical (unpaired) electrons. The summed E-state index contributed by atoms with van der Waals surface area (Å²) in [6, 6.07) is 5.18. The number of rotatable bonds is 4. The molecule has 0 unspecified atom stereocenters. The van der Waals surface area contributed by atoms with Gasteiger partial charge in [0.25, 0.3) is 5.91 Å². The molecule has 0 aliphatic carbocycles. The number of halogens is 2. The first-order valence-corrected chi connectivity index (χ1v) is 7.41. The molecule has 20 heavy (non-hydrogen) atoms. The summed E-state index contributed by atoms with van der Waals surface area (Å²) >= 11 is 13.2. The summed E-state index contributed by atoms with van der Waals surface area (Å²) < 4.78 is 5.72. The van der Waals surface area contributed by atoms with Gasteiger partial charge in [-0.3, -0.25) is 4.79 Å². The highest BCUT2D eigenvalue weighted by Gasteiger charge is 2.19. The number of nitrogens with one attached hydrogen (secondary N) is 1. The van der Waals surface area contributed by atoms with Crippen molar-refractivity contribution >= 4 is 56.5 Å². The number of carbonyl (C=O) groups excluding carboxylic acids is 2. The topological polar surface area (TPSA) is 55.4 Å². The summed E-state index contributed by atoms with van der Waals surface area (Å²) in [4.78, 5) is 23.4. The highest BCUT2D eigenvalue weighted by Crippen LogP contribution is 2.37. The van der Waals surface area contributed by atoms with E-state index in [4.69, 9.17) is 27.9 Å². The fourth-order valence-electron chi connectivity index (χ4n) is 1.62. The monoisotopic (exact) mass is 331 g/mol. The molecule has 0 spiro atoms. The van der Waals surface area contributed by atoms with Crippen molar-refractivity contribution in [2.45, 2.75) is 6.92 Å². The minimum atomic E-state index is -0.612. The minimum absolute atomic E-state index is 0.272. The van der Waals surface area contributed by atoms with Gasteiger partial charge in [0.15, 0.2) is 6.61 Å². The second-order valence-electron chi connectivity index (χ2n) is 3.92. The van der Waals surface area contributed by atoms with Crippen molar-refractivity contribution in [1.29, 1.82) is 0 Å². The minimum Gasteiger partial charge on any atom is -0.451 e. The van der Waals surface area contributed by atoms with Gasteiger partial charge in [-0.25, -0.2) is 4.79 Å². The molecule has 106 valence electrons. The average Bonchev–Trinajstić information content (AvgIpc) is 2.73. The number of ether oxygens (including phenoxy) is 1. The second-order valence-corrected chi connectivity index (χ2v) is 5.78. The zero-order valence-electron chi connectivity index (χ0n) is 10.5. The molecule has 2 rings (SSSR count). The number of benzene rings is 1. The van der Waals surface area contributed by atoms with Gasteiger partial charge in [-0.15, -0.1) is 11.3 Å². The second kappa shape index (κ2) is 6.43. The molecule has 1 heterocycles. The van der Waals surface area contributed by atoms with Crippen molar-refractivity contribution in [1.82, 2.24) is 5.32 Å². The first kappa shape index (κ1) is 15.1. The van der Waals surface area contributed by atoms with Gasteiger partial charge in [-0.05, 0) is 19.1 Å². The van der Waals surface area contributed by atoms with Gasteiger partial charge >= 0.3 is 5.97 Å². The van der Waals surface area contributed by atoms with Gasteiger partial charge in [-0.1, -0.05) is 29.3 Å².